The molecule has 0 saturated carbocycles. The average molecular weight is 247 g/mol. The Morgan fingerprint density at radius 3 is 2.72 bits per heavy atom. The van der Waals surface area contributed by atoms with Gasteiger partial charge < -0.3 is 5.73 Å². The zero-order chi connectivity index (χ0) is 13.3. The van der Waals surface area contributed by atoms with Gasteiger partial charge in [0, 0.05) is 6.20 Å². The first-order valence-corrected chi connectivity index (χ1v) is 5.15. The number of halogens is 1. The SMILES string of the molecule is Cc1cc(F)ccc1-n1nccc(C(N)=O)c1=O. The Labute approximate surface area is 102 Å². The first kappa shape index (κ1) is 12.0. The van der Waals surface area contributed by atoms with Crippen LogP contribution in [0.1, 0.15) is 15.9 Å². The van der Waals surface area contributed by atoms with Crippen LogP contribution in [0, 0.1) is 12.7 Å². The molecule has 6 heteroatoms. The molecule has 1 amide bonds. The molecule has 5 nitrogen and oxygen atoms in total. The summed E-state index contributed by atoms with van der Waals surface area (Å²) < 4.78 is 14.0. The topological polar surface area (TPSA) is 78.0 Å². The van der Waals surface area contributed by atoms with E-state index in [1.807, 2.05) is 0 Å². The van der Waals surface area contributed by atoms with E-state index in [1.54, 1.807) is 6.92 Å². The van der Waals surface area contributed by atoms with Gasteiger partial charge in [-0.05, 0) is 36.8 Å². The van der Waals surface area contributed by atoms with Crippen LogP contribution >= 0.6 is 0 Å². The first-order valence-electron chi connectivity index (χ1n) is 5.15. The van der Waals surface area contributed by atoms with Gasteiger partial charge in [0.2, 0.25) is 0 Å². The number of carbonyl (C=O) groups is 1. The molecule has 0 saturated heterocycles. The smallest absolute Gasteiger partial charge is 0.284 e. The molecule has 0 unspecified atom stereocenters. The van der Waals surface area contributed by atoms with Crippen molar-refractivity contribution in [3.63, 3.8) is 0 Å². The predicted molar refractivity (Wildman–Crippen MR) is 63.0 cm³/mol. The number of aromatic nitrogens is 2. The molecule has 0 atom stereocenters. The second-order valence-corrected chi connectivity index (χ2v) is 3.76. The van der Waals surface area contributed by atoms with Crippen molar-refractivity contribution < 1.29 is 9.18 Å². The summed E-state index contributed by atoms with van der Waals surface area (Å²) in [6.45, 7) is 1.64. The van der Waals surface area contributed by atoms with E-state index in [9.17, 15) is 14.0 Å². The minimum absolute atomic E-state index is 0.159. The third-order valence-electron chi connectivity index (χ3n) is 2.50. The van der Waals surface area contributed by atoms with Crippen LogP contribution in [-0.4, -0.2) is 15.7 Å². The molecular weight excluding hydrogens is 237 g/mol. The fourth-order valence-corrected chi connectivity index (χ4v) is 1.63. The highest BCUT2D eigenvalue weighted by Gasteiger charge is 2.12. The molecular formula is C12H10FN3O2. The molecule has 0 fully saturated rings. The molecule has 0 spiro atoms. The maximum atomic E-state index is 13.0. The molecule has 0 aliphatic rings. The lowest BCUT2D eigenvalue weighted by molar-refractivity contribution is 0.0998. The van der Waals surface area contributed by atoms with Crippen molar-refractivity contribution in [2.75, 3.05) is 0 Å². The van der Waals surface area contributed by atoms with Crippen molar-refractivity contribution in [1.82, 2.24) is 9.78 Å². The van der Waals surface area contributed by atoms with E-state index in [4.69, 9.17) is 5.73 Å². The fraction of sp³-hybridized carbons (Fsp3) is 0.0833. The van der Waals surface area contributed by atoms with E-state index in [1.165, 1.54) is 30.5 Å². The van der Waals surface area contributed by atoms with Crippen LogP contribution in [0.25, 0.3) is 5.69 Å². The standard InChI is InChI=1S/C12H10FN3O2/c1-7-6-8(13)2-3-10(7)16-12(18)9(11(14)17)4-5-15-16/h2-6H,1H3,(H2,14,17). The fourth-order valence-electron chi connectivity index (χ4n) is 1.63. The molecule has 0 radical (unpaired) electrons. The number of aryl methyl sites for hydroxylation is 1. The van der Waals surface area contributed by atoms with Gasteiger partial charge >= 0.3 is 0 Å². The summed E-state index contributed by atoms with van der Waals surface area (Å²) in [5.74, 6) is -1.23. The molecule has 2 rings (SSSR count). The van der Waals surface area contributed by atoms with Crippen molar-refractivity contribution in [3.05, 3.63) is 57.8 Å². The zero-order valence-corrected chi connectivity index (χ0v) is 9.55. The zero-order valence-electron chi connectivity index (χ0n) is 9.55. The number of amides is 1. The second-order valence-electron chi connectivity index (χ2n) is 3.76. The molecule has 18 heavy (non-hydrogen) atoms. The van der Waals surface area contributed by atoms with Crippen molar-refractivity contribution in [1.29, 1.82) is 0 Å². The van der Waals surface area contributed by atoms with Gasteiger partial charge in [-0.2, -0.15) is 9.78 Å². The quantitative estimate of drug-likeness (QED) is 0.851. The summed E-state index contributed by atoms with van der Waals surface area (Å²) in [7, 11) is 0. The lowest BCUT2D eigenvalue weighted by Crippen LogP contribution is -2.30. The predicted octanol–water partition coefficient (Wildman–Crippen LogP) is 0.779. The summed E-state index contributed by atoms with van der Waals surface area (Å²) in [5.41, 5.74) is 5.24. The van der Waals surface area contributed by atoms with Crippen molar-refractivity contribution >= 4 is 5.91 Å². The van der Waals surface area contributed by atoms with Crippen molar-refractivity contribution in [3.8, 4) is 5.69 Å². The largest absolute Gasteiger partial charge is 0.365 e. The number of primary amides is 1. The highest BCUT2D eigenvalue weighted by atomic mass is 19.1. The van der Waals surface area contributed by atoms with Crippen LogP contribution in [0.5, 0.6) is 0 Å². The highest BCUT2D eigenvalue weighted by Crippen LogP contribution is 2.12. The van der Waals surface area contributed by atoms with E-state index in [2.05, 4.69) is 5.10 Å². The Balaban J connectivity index is 2.69. The monoisotopic (exact) mass is 247 g/mol. The van der Waals surface area contributed by atoms with E-state index in [-0.39, 0.29) is 5.56 Å². The maximum absolute atomic E-state index is 13.0. The van der Waals surface area contributed by atoms with Crippen molar-refractivity contribution in [2.24, 2.45) is 5.73 Å². The van der Waals surface area contributed by atoms with Gasteiger partial charge in [-0.15, -0.1) is 0 Å². The van der Waals surface area contributed by atoms with Gasteiger partial charge in [0.1, 0.15) is 11.4 Å². The van der Waals surface area contributed by atoms with E-state index in [0.29, 0.717) is 11.3 Å². The number of hydrogen-bond acceptors (Lipinski definition) is 3. The van der Waals surface area contributed by atoms with Crippen LogP contribution < -0.4 is 11.3 Å². The summed E-state index contributed by atoms with van der Waals surface area (Å²) >= 11 is 0. The van der Waals surface area contributed by atoms with Crippen LogP contribution in [0.15, 0.2) is 35.3 Å². The lowest BCUT2D eigenvalue weighted by atomic mass is 10.2. The molecule has 2 aromatic rings. The third-order valence-corrected chi connectivity index (χ3v) is 2.50. The highest BCUT2D eigenvalue weighted by molar-refractivity contribution is 5.92. The Morgan fingerprint density at radius 1 is 1.39 bits per heavy atom. The first-order chi connectivity index (χ1) is 8.50. The summed E-state index contributed by atoms with van der Waals surface area (Å²) in [6, 6.07) is 5.16. The number of benzene rings is 1. The van der Waals surface area contributed by atoms with Crippen LogP contribution in [0.3, 0.4) is 0 Å². The molecule has 0 bridgehead atoms. The minimum Gasteiger partial charge on any atom is -0.365 e. The van der Waals surface area contributed by atoms with Gasteiger partial charge in [0.25, 0.3) is 11.5 Å². The van der Waals surface area contributed by atoms with Gasteiger partial charge in [-0.1, -0.05) is 0 Å². The third kappa shape index (κ3) is 2.00. The number of rotatable bonds is 2. The van der Waals surface area contributed by atoms with Crippen LogP contribution in [0.4, 0.5) is 4.39 Å². The molecule has 0 aliphatic heterocycles. The summed E-state index contributed by atoms with van der Waals surface area (Å²) in [6.07, 6.45) is 1.30. The molecule has 92 valence electrons. The Morgan fingerprint density at radius 2 is 2.11 bits per heavy atom. The molecule has 0 aliphatic carbocycles. The van der Waals surface area contributed by atoms with E-state index < -0.39 is 17.3 Å². The Bertz CT molecular complexity index is 679. The maximum Gasteiger partial charge on any atom is 0.284 e. The number of nitrogens with zero attached hydrogens (tertiary/aromatic N) is 2. The van der Waals surface area contributed by atoms with Gasteiger partial charge in [-0.25, -0.2) is 4.39 Å². The van der Waals surface area contributed by atoms with Gasteiger partial charge in [0.05, 0.1) is 5.69 Å². The van der Waals surface area contributed by atoms with Gasteiger partial charge in [-0.3, -0.25) is 9.59 Å². The molecule has 2 N–H and O–H groups in total. The Hall–Kier alpha value is -2.50. The second kappa shape index (κ2) is 4.40. The average Bonchev–Trinajstić information content (AvgIpc) is 2.30. The number of nitrogens with two attached hydrogens (primary N) is 1. The normalized spacial score (nSPS) is 10.3. The van der Waals surface area contributed by atoms with Crippen LogP contribution in [0.2, 0.25) is 0 Å². The van der Waals surface area contributed by atoms with Crippen molar-refractivity contribution in [2.45, 2.75) is 6.92 Å². The van der Waals surface area contributed by atoms with E-state index >= 15 is 0 Å². The van der Waals surface area contributed by atoms with E-state index in [0.717, 1.165) is 4.68 Å². The number of hydrogen-bond donors (Lipinski definition) is 1. The molecule has 1 heterocycles. The van der Waals surface area contributed by atoms with Gasteiger partial charge in [0.15, 0.2) is 0 Å². The summed E-state index contributed by atoms with van der Waals surface area (Å²) in [4.78, 5) is 23.0. The lowest BCUT2D eigenvalue weighted by Gasteiger charge is -2.08. The van der Waals surface area contributed by atoms with Crippen LogP contribution in [-0.2, 0) is 0 Å². The summed E-state index contributed by atoms with van der Waals surface area (Å²) in [5, 5.41) is 3.86. The number of carbonyl (C=O) groups excluding carboxylic acids is 1. The Kier molecular flexibility index (Phi) is 2.93. The molecule has 1 aromatic heterocycles. The minimum atomic E-state index is -0.823. The molecule has 1 aromatic carbocycles.